The van der Waals surface area contributed by atoms with Gasteiger partial charge in [-0.05, 0) is 18.2 Å². The summed E-state index contributed by atoms with van der Waals surface area (Å²) in [5.41, 5.74) is 2.35. The summed E-state index contributed by atoms with van der Waals surface area (Å²) in [5.74, 6) is -1.05. The smallest absolute Gasteiger partial charge is 0.338 e. The number of rotatable bonds is 5. The average Bonchev–Trinajstić information content (AvgIpc) is 3.33. The van der Waals surface area contributed by atoms with Crippen LogP contribution in [-0.2, 0) is 20.9 Å². The van der Waals surface area contributed by atoms with Gasteiger partial charge < -0.3 is 4.74 Å². The van der Waals surface area contributed by atoms with Crippen LogP contribution in [0, 0.1) is 0 Å². The highest BCUT2D eigenvalue weighted by atomic mass is 32.1. The minimum atomic E-state index is -0.532. The Morgan fingerprint density at radius 2 is 1.79 bits per heavy atom. The number of carbonyl (C=O) groups excluding carboxylic acids is 3. The Labute approximate surface area is 165 Å². The molecule has 0 radical (unpaired) electrons. The molecule has 1 aliphatic heterocycles. The van der Waals surface area contributed by atoms with Crippen molar-refractivity contribution in [1.29, 1.82) is 0 Å². The summed E-state index contributed by atoms with van der Waals surface area (Å²) in [6.07, 6.45) is 0.391. The van der Waals surface area contributed by atoms with Gasteiger partial charge in [-0.1, -0.05) is 36.4 Å². The zero-order chi connectivity index (χ0) is 19.5. The lowest BCUT2D eigenvalue weighted by atomic mass is 10.2. The van der Waals surface area contributed by atoms with Gasteiger partial charge in [-0.25, -0.2) is 9.78 Å². The molecular formula is C21H16N2O4S. The van der Waals surface area contributed by atoms with E-state index in [4.69, 9.17) is 4.74 Å². The summed E-state index contributed by atoms with van der Waals surface area (Å²) >= 11 is 1.49. The standard InChI is InChI=1S/C21H16N2O4S/c24-18-9-10-19(25)23(18)17-8-4-7-15(11-17)21(26)27-12-16-13-28-20(22-16)14-5-2-1-3-6-14/h1-8,11,13H,9-10,12H2. The van der Waals surface area contributed by atoms with E-state index in [1.165, 1.54) is 17.4 Å². The second kappa shape index (κ2) is 7.74. The molecule has 1 saturated heterocycles. The second-order valence-corrected chi connectivity index (χ2v) is 7.12. The third-order valence-electron chi connectivity index (χ3n) is 4.32. The number of ether oxygens (including phenoxy) is 1. The van der Waals surface area contributed by atoms with Gasteiger partial charge in [0.2, 0.25) is 11.8 Å². The van der Waals surface area contributed by atoms with Crippen LogP contribution < -0.4 is 4.90 Å². The topological polar surface area (TPSA) is 76.6 Å². The highest BCUT2D eigenvalue weighted by molar-refractivity contribution is 7.13. The monoisotopic (exact) mass is 392 g/mol. The zero-order valence-corrected chi connectivity index (χ0v) is 15.6. The van der Waals surface area contributed by atoms with E-state index in [2.05, 4.69) is 4.98 Å². The number of carbonyl (C=O) groups is 3. The lowest BCUT2D eigenvalue weighted by Crippen LogP contribution is -2.28. The number of esters is 1. The molecule has 2 aromatic carbocycles. The molecule has 0 N–H and O–H groups in total. The summed E-state index contributed by atoms with van der Waals surface area (Å²) in [7, 11) is 0. The first-order valence-corrected chi connectivity index (χ1v) is 9.62. The van der Waals surface area contributed by atoms with Crippen molar-refractivity contribution in [3.63, 3.8) is 0 Å². The van der Waals surface area contributed by atoms with Crippen LogP contribution in [0.25, 0.3) is 10.6 Å². The van der Waals surface area contributed by atoms with Gasteiger partial charge in [0.15, 0.2) is 0 Å². The van der Waals surface area contributed by atoms with Crippen LogP contribution in [0.5, 0.6) is 0 Å². The minimum absolute atomic E-state index is 0.0496. The predicted molar refractivity (Wildman–Crippen MR) is 105 cm³/mol. The highest BCUT2D eigenvalue weighted by Gasteiger charge is 2.30. The number of hydrogen-bond acceptors (Lipinski definition) is 6. The van der Waals surface area contributed by atoms with Crippen molar-refractivity contribution in [2.75, 3.05) is 4.90 Å². The summed E-state index contributed by atoms with van der Waals surface area (Å²) in [4.78, 5) is 41.8. The van der Waals surface area contributed by atoms with E-state index in [0.29, 0.717) is 11.4 Å². The van der Waals surface area contributed by atoms with Gasteiger partial charge in [-0.2, -0.15) is 0 Å². The number of hydrogen-bond donors (Lipinski definition) is 0. The van der Waals surface area contributed by atoms with Gasteiger partial charge in [0.05, 0.1) is 16.9 Å². The molecule has 3 aromatic rings. The molecule has 6 nitrogen and oxygen atoms in total. The van der Waals surface area contributed by atoms with E-state index in [9.17, 15) is 14.4 Å². The molecule has 1 aromatic heterocycles. The van der Waals surface area contributed by atoms with Gasteiger partial charge in [-0.15, -0.1) is 11.3 Å². The molecular weight excluding hydrogens is 376 g/mol. The van der Waals surface area contributed by atoms with E-state index >= 15 is 0 Å². The van der Waals surface area contributed by atoms with E-state index in [0.717, 1.165) is 15.5 Å². The molecule has 0 bridgehead atoms. The van der Waals surface area contributed by atoms with Gasteiger partial charge >= 0.3 is 5.97 Å². The fraction of sp³-hybridized carbons (Fsp3) is 0.143. The number of amides is 2. The molecule has 0 aliphatic carbocycles. The summed E-state index contributed by atoms with van der Waals surface area (Å²) in [6.45, 7) is 0.0496. The maximum atomic E-state index is 12.4. The maximum absolute atomic E-state index is 12.4. The number of anilines is 1. The average molecular weight is 392 g/mol. The molecule has 2 heterocycles. The first kappa shape index (κ1) is 18.1. The van der Waals surface area contributed by atoms with E-state index in [1.807, 2.05) is 35.7 Å². The van der Waals surface area contributed by atoms with Crippen LogP contribution in [0.2, 0.25) is 0 Å². The number of aromatic nitrogens is 1. The second-order valence-electron chi connectivity index (χ2n) is 6.26. The Bertz CT molecular complexity index is 1030. The molecule has 4 rings (SSSR count). The quantitative estimate of drug-likeness (QED) is 0.487. The molecule has 140 valence electrons. The Morgan fingerprint density at radius 3 is 2.54 bits per heavy atom. The van der Waals surface area contributed by atoms with Gasteiger partial charge in [0, 0.05) is 23.8 Å². The lowest BCUT2D eigenvalue weighted by Gasteiger charge is -2.14. The normalized spacial score (nSPS) is 13.8. The highest BCUT2D eigenvalue weighted by Crippen LogP contribution is 2.25. The molecule has 28 heavy (non-hydrogen) atoms. The Balaban J connectivity index is 1.43. The molecule has 1 aliphatic rings. The molecule has 0 spiro atoms. The third kappa shape index (κ3) is 3.70. The molecule has 0 atom stereocenters. The van der Waals surface area contributed by atoms with Crippen molar-refractivity contribution in [3.05, 3.63) is 71.2 Å². The van der Waals surface area contributed by atoms with Crippen LogP contribution in [0.3, 0.4) is 0 Å². The van der Waals surface area contributed by atoms with Crippen LogP contribution in [0.1, 0.15) is 28.9 Å². The van der Waals surface area contributed by atoms with Crippen molar-refractivity contribution >= 4 is 34.8 Å². The largest absolute Gasteiger partial charge is 0.456 e. The molecule has 1 fully saturated rings. The van der Waals surface area contributed by atoms with Gasteiger partial charge in [0.25, 0.3) is 0 Å². The van der Waals surface area contributed by atoms with E-state index in [1.54, 1.807) is 18.2 Å². The molecule has 0 unspecified atom stereocenters. The summed E-state index contributed by atoms with van der Waals surface area (Å²) in [6, 6.07) is 16.1. The van der Waals surface area contributed by atoms with Crippen LogP contribution in [-0.4, -0.2) is 22.8 Å². The van der Waals surface area contributed by atoms with E-state index < -0.39 is 5.97 Å². The predicted octanol–water partition coefficient (Wildman–Crippen LogP) is 3.82. The maximum Gasteiger partial charge on any atom is 0.338 e. The summed E-state index contributed by atoms with van der Waals surface area (Å²) < 4.78 is 5.35. The fourth-order valence-electron chi connectivity index (χ4n) is 2.95. The van der Waals surface area contributed by atoms with E-state index in [-0.39, 0.29) is 36.8 Å². The third-order valence-corrected chi connectivity index (χ3v) is 5.26. The molecule has 7 heteroatoms. The van der Waals surface area contributed by atoms with Gasteiger partial charge in [0.1, 0.15) is 11.6 Å². The number of imide groups is 1. The fourth-order valence-corrected chi connectivity index (χ4v) is 3.76. The number of benzene rings is 2. The lowest BCUT2D eigenvalue weighted by molar-refractivity contribution is -0.121. The first-order valence-electron chi connectivity index (χ1n) is 8.74. The Kier molecular flexibility index (Phi) is 4.99. The SMILES string of the molecule is O=C(OCc1csc(-c2ccccc2)n1)c1cccc(N2C(=O)CCC2=O)c1. The van der Waals surface area contributed by atoms with Crippen molar-refractivity contribution in [3.8, 4) is 10.6 Å². The van der Waals surface area contributed by atoms with Crippen LogP contribution in [0.4, 0.5) is 5.69 Å². The van der Waals surface area contributed by atoms with Crippen molar-refractivity contribution in [1.82, 2.24) is 4.98 Å². The van der Waals surface area contributed by atoms with Gasteiger partial charge in [-0.3, -0.25) is 14.5 Å². The number of nitrogens with zero attached hydrogens (tertiary/aromatic N) is 2. The van der Waals surface area contributed by atoms with Crippen molar-refractivity contribution in [2.45, 2.75) is 19.4 Å². The minimum Gasteiger partial charge on any atom is -0.456 e. The van der Waals surface area contributed by atoms with Crippen molar-refractivity contribution < 1.29 is 19.1 Å². The van der Waals surface area contributed by atoms with Crippen LogP contribution in [0.15, 0.2) is 60.0 Å². The van der Waals surface area contributed by atoms with Crippen molar-refractivity contribution in [2.24, 2.45) is 0 Å². The molecule has 2 amide bonds. The molecule has 0 saturated carbocycles. The Morgan fingerprint density at radius 1 is 1.04 bits per heavy atom. The number of thiazole rings is 1. The first-order chi connectivity index (χ1) is 13.6. The summed E-state index contributed by atoms with van der Waals surface area (Å²) in [5, 5.41) is 2.72. The zero-order valence-electron chi connectivity index (χ0n) is 14.8. The Hall–Kier alpha value is -3.32. The van der Waals surface area contributed by atoms with Crippen LogP contribution >= 0.6 is 11.3 Å².